The van der Waals surface area contributed by atoms with Gasteiger partial charge in [-0.05, 0) is 13.0 Å². The van der Waals surface area contributed by atoms with Gasteiger partial charge >= 0.3 is 5.69 Å². The number of hydrogen-bond donors (Lipinski definition) is 2. The molecule has 0 saturated heterocycles. The van der Waals surface area contributed by atoms with Gasteiger partial charge in [-0.1, -0.05) is 22.9 Å². The van der Waals surface area contributed by atoms with Crippen LogP contribution in [0.15, 0.2) is 16.6 Å². The highest BCUT2D eigenvalue weighted by Crippen LogP contribution is 2.38. The van der Waals surface area contributed by atoms with E-state index in [1.807, 2.05) is 0 Å². The highest BCUT2D eigenvalue weighted by Gasteiger charge is 2.23. The minimum absolute atomic E-state index is 0.0449. The summed E-state index contributed by atoms with van der Waals surface area (Å²) < 4.78 is 5.91. The molecule has 2 N–H and O–H groups in total. The van der Waals surface area contributed by atoms with Crippen molar-refractivity contribution < 1.29 is 19.9 Å². The van der Waals surface area contributed by atoms with Crippen LogP contribution in [-0.2, 0) is 0 Å². The van der Waals surface area contributed by atoms with Crippen LogP contribution in [0.4, 0.5) is 5.69 Å². The van der Waals surface area contributed by atoms with Gasteiger partial charge in [0.2, 0.25) is 5.75 Å². The highest BCUT2D eigenvalue weighted by molar-refractivity contribution is 9.10. The molecule has 1 aromatic rings. The molecule has 0 aliphatic heterocycles. The van der Waals surface area contributed by atoms with Crippen LogP contribution in [0.1, 0.15) is 25.5 Å². The van der Waals surface area contributed by atoms with Crippen molar-refractivity contribution in [2.75, 3.05) is 13.2 Å². The Balaban J connectivity index is 3.19. The Labute approximate surface area is 119 Å². The zero-order valence-electron chi connectivity index (χ0n) is 10.7. The van der Waals surface area contributed by atoms with Crippen LogP contribution in [0.25, 0.3) is 0 Å². The van der Waals surface area contributed by atoms with Gasteiger partial charge in [-0.2, -0.15) is 0 Å². The van der Waals surface area contributed by atoms with Gasteiger partial charge in [-0.25, -0.2) is 0 Å². The molecule has 1 unspecified atom stereocenters. The van der Waals surface area contributed by atoms with Gasteiger partial charge in [0.1, 0.15) is 0 Å². The summed E-state index contributed by atoms with van der Waals surface area (Å²) in [5.74, 6) is -0.103. The number of aliphatic hydroxyl groups excluding tert-OH is 2. The molecular formula is C12H16BrNO5. The Morgan fingerprint density at radius 3 is 2.58 bits per heavy atom. The molecule has 1 rings (SSSR count). The first kappa shape index (κ1) is 15.9. The number of rotatable bonds is 6. The molecule has 2 atom stereocenters. The molecular weight excluding hydrogens is 318 g/mol. The van der Waals surface area contributed by atoms with Crippen LogP contribution in [0, 0.1) is 16.0 Å². The number of nitro groups is 1. The Kier molecular flexibility index (Phi) is 5.71. The summed E-state index contributed by atoms with van der Waals surface area (Å²) >= 11 is 3.17. The lowest BCUT2D eigenvalue weighted by Crippen LogP contribution is -2.14. The molecule has 1 aromatic carbocycles. The molecule has 0 spiro atoms. The van der Waals surface area contributed by atoms with Gasteiger partial charge in [0.25, 0.3) is 0 Å². The van der Waals surface area contributed by atoms with Crippen molar-refractivity contribution in [1.29, 1.82) is 0 Å². The predicted octanol–water partition coefficient (Wildman–Crippen LogP) is 2.42. The van der Waals surface area contributed by atoms with E-state index in [2.05, 4.69) is 15.9 Å². The molecule has 0 saturated carbocycles. The quantitative estimate of drug-likeness (QED) is 0.616. The van der Waals surface area contributed by atoms with Crippen molar-refractivity contribution in [3.63, 3.8) is 0 Å². The first-order valence-corrected chi connectivity index (χ1v) is 6.55. The zero-order chi connectivity index (χ0) is 14.6. The fourth-order valence-corrected chi connectivity index (χ4v) is 1.94. The number of hydrogen-bond acceptors (Lipinski definition) is 5. The maximum absolute atomic E-state index is 11.0. The van der Waals surface area contributed by atoms with Gasteiger partial charge in [0.05, 0.1) is 17.6 Å². The Morgan fingerprint density at radius 2 is 2.11 bits per heavy atom. The van der Waals surface area contributed by atoms with Crippen molar-refractivity contribution in [3.8, 4) is 5.75 Å². The van der Waals surface area contributed by atoms with Gasteiger partial charge in [-0.15, -0.1) is 0 Å². The lowest BCUT2D eigenvalue weighted by Gasteiger charge is -2.16. The van der Waals surface area contributed by atoms with Crippen LogP contribution in [-0.4, -0.2) is 28.4 Å². The maximum Gasteiger partial charge on any atom is 0.312 e. The smallest absolute Gasteiger partial charge is 0.312 e. The van der Waals surface area contributed by atoms with Crippen LogP contribution in [0.3, 0.4) is 0 Å². The summed E-state index contributed by atoms with van der Waals surface area (Å²) in [4.78, 5) is 10.5. The molecule has 6 nitrogen and oxygen atoms in total. The number of halogens is 1. The average molecular weight is 334 g/mol. The standard InChI is InChI=1S/C12H16BrNO5/c1-7(5-15)6-19-12-10(8(2)16)3-9(13)4-11(12)14(17)18/h3-4,7-8,15-16H,5-6H2,1-2H3/t7?,8-/m1/s1. The van der Waals surface area contributed by atoms with E-state index < -0.39 is 11.0 Å². The summed E-state index contributed by atoms with van der Waals surface area (Å²) in [5, 5.41) is 29.7. The van der Waals surface area contributed by atoms with E-state index >= 15 is 0 Å². The summed E-state index contributed by atoms with van der Waals surface area (Å²) in [7, 11) is 0. The fourth-order valence-electron chi connectivity index (χ4n) is 1.48. The molecule has 0 aliphatic rings. The van der Waals surface area contributed by atoms with Crippen LogP contribution in [0.2, 0.25) is 0 Å². The van der Waals surface area contributed by atoms with Crippen LogP contribution >= 0.6 is 15.9 Å². The second kappa shape index (κ2) is 6.83. The minimum Gasteiger partial charge on any atom is -0.486 e. The van der Waals surface area contributed by atoms with E-state index in [-0.39, 0.29) is 30.6 Å². The van der Waals surface area contributed by atoms with Gasteiger partial charge < -0.3 is 14.9 Å². The minimum atomic E-state index is -0.893. The lowest BCUT2D eigenvalue weighted by atomic mass is 10.1. The third-order valence-electron chi connectivity index (χ3n) is 2.53. The molecule has 0 bridgehead atoms. The second-order valence-corrected chi connectivity index (χ2v) is 5.29. The van der Waals surface area contributed by atoms with Crippen molar-refractivity contribution >= 4 is 21.6 Å². The van der Waals surface area contributed by atoms with Crippen molar-refractivity contribution in [2.24, 2.45) is 5.92 Å². The Morgan fingerprint density at radius 1 is 1.47 bits per heavy atom. The topological polar surface area (TPSA) is 92.8 Å². The summed E-state index contributed by atoms with van der Waals surface area (Å²) in [6.45, 7) is 3.33. The first-order chi connectivity index (χ1) is 8.86. The second-order valence-electron chi connectivity index (χ2n) is 4.38. The third-order valence-corrected chi connectivity index (χ3v) is 2.99. The summed E-state index contributed by atoms with van der Waals surface area (Å²) in [6.07, 6.45) is -0.893. The van der Waals surface area contributed by atoms with E-state index in [1.54, 1.807) is 13.0 Å². The molecule has 7 heteroatoms. The molecule has 0 radical (unpaired) electrons. The number of nitrogens with zero attached hydrogens (tertiary/aromatic N) is 1. The summed E-state index contributed by atoms with van der Waals surface area (Å²) in [5.41, 5.74) is 0.127. The number of benzene rings is 1. The molecule has 0 aromatic heterocycles. The molecule has 0 fully saturated rings. The Bertz CT molecular complexity index is 464. The Hall–Kier alpha value is -1.18. The zero-order valence-corrected chi connectivity index (χ0v) is 12.3. The number of nitro benzene ring substituents is 1. The number of aliphatic hydroxyl groups is 2. The maximum atomic E-state index is 11.0. The first-order valence-electron chi connectivity index (χ1n) is 5.76. The van der Waals surface area contributed by atoms with E-state index in [0.717, 1.165) is 0 Å². The van der Waals surface area contributed by atoms with E-state index in [4.69, 9.17) is 9.84 Å². The van der Waals surface area contributed by atoms with E-state index in [0.29, 0.717) is 10.0 Å². The molecule has 106 valence electrons. The highest BCUT2D eigenvalue weighted by atomic mass is 79.9. The predicted molar refractivity (Wildman–Crippen MR) is 73.2 cm³/mol. The van der Waals surface area contributed by atoms with Gasteiger partial charge in [-0.3, -0.25) is 10.1 Å². The largest absolute Gasteiger partial charge is 0.486 e. The van der Waals surface area contributed by atoms with Gasteiger partial charge in [0, 0.05) is 28.6 Å². The SMILES string of the molecule is CC(CO)COc1c([C@@H](C)O)cc(Br)cc1[N+](=O)[O-]. The van der Waals surface area contributed by atoms with Crippen molar-refractivity contribution in [2.45, 2.75) is 20.0 Å². The van der Waals surface area contributed by atoms with Crippen LogP contribution < -0.4 is 4.74 Å². The lowest BCUT2D eigenvalue weighted by molar-refractivity contribution is -0.386. The fraction of sp³-hybridized carbons (Fsp3) is 0.500. The normalized spacial score (nSPS) is 13.9. The molecule has 0 amide bonds. The van der Waals surface area contributed by atoms with Crippen LogP contribution in [0.5, 0.6) is 5.75 Å². The average Bonchev–Trinajstić information content (AvgIpc) is 2.35. The van der Waals surface area contributed by atoms with E-state index in [9.17, 15) is 15.2 Å². The number of ether oxygens (including phenoxy) is 1. The molecule has 0 aliphatic carbocycles. The monoisotopic (exact) mass is 333 g/mol. The molecule has 0 heterocycles. The van der Waals surface area contributed by atoms with Crippen molar-refractivity contribution in [1.82, 2.24) is 0 Å². The van der Waals surface area contributed by atoms with E-state index in [1.165, 1.54) is 13.0 Å². The third kappa shape index (κ3) is 4.15. The van der Waals surface area contributed by atoms with Gasteiger partial charge in [0.15, 0.2) is 0 Å². The molecule has 19 heavy (non-hydrogen) atoms. The summed E-state index contributed by atoms with van der Waals surface area (Å²) in [6, 6.07) is 2.90. The van der Waals surface area contributed by atoms with Crippen molar-refractivity contribution in [3.05, 3.63) is 32.3 Å².